The summed E-state index contributed by atoms with van der Waals surface area (Å²) >= 11 is 0. The van der Waals surface area contributed by atoms with Crippen LogP contribution in [0.2, 0.25) is 0 Å². The van der Waals surface area contributed by atoms with E-state index in [1.165, 1.54) is 17.5 Å². The fourth-order valence-corrected chi connectivity index (χ4v) is 1.62. The van der Waals surface area contributed by atoms with Gasteiger partial charge in [-0.1, -0.05) is 45.0 Å². The first-order valence-corrected chi connectivity index (χ1v) is 5.79. The molecule has 0 aliphatic heterocycles. The Bertz CT molecular complexity index is 443. The van der Waals surface area contributed by atoms with Crippen LogP contribution in [0.4, 0.5) is 0 Å². The zero-order chi connectivity index (χ0) is 13.9. The minimum atomic E-state index is -1.43. The van der Waals surface area contributed by atoms with Crippen LogP contribution in [0.5, 0.6) is 0 Å². The molecule has 0 saturated heterocycles. The van der Waals surface area contributed by atoms with Crippen molar-refractivity contribution in [2.45, 2.75) is 32.7 Å². The van der Waals surface area contributed by atoms with Crippen molar-refractivity contribution in [3.8, 4) is 0 Å². The number of carbonyl (C=O) groups is 2. The number of benzene rings is 1. The second kappa shape index (κ2) is 5.21. The SMILES string of the molecule is CN(Cc1ccc(C(C)(C)C)cc1)C(=O)C(=O)O. The number of carboxylic acids is 1. The lowest BCUT2D eigenvalue weighted by atomic mass is 9.87. The summed E-state index contributed by atoms with van der Waals surface area (Å²) in [4.78, 5) is 22.9. The number of nitrogens with zero attached hydrogens (tertiary/aromatic N) is 1. The van der Waals surface area contributed by atoms with E-state index in [-0.39, 0.29) is 5.41 Å². The fraction of sp³-hybridized carbons (Fsp3) is 0.429. The van der Waals surface area contributed by atoms with Crippen LogP contribution < -0.4 is 0 Å². The number of rotatable bonds is 2. The Morgan fingerprint density at radius 2 is 1.67 bits per heavy atom. The molecular weight excluding hydrogens is 230 g/mol. The van der Waals surface area contributed by atoms with E-state index in [0.717, 1.165) is 5.56 Å². The molecule has 1 rings (SSSR count). The molecule has 0 aliphatic rings. The molecule has 0 unspecified atom stereocenters. The first-order chi connectivity index (χ1) is 8.21. The quantitative estimate of drug-likeness (QED) is 0.816. The van der Waals surface area contributed by atoms with Gasteiger partial charge in [0.2, 0.25) is 0 Å². The minimum absolute atomic E-state index is 0.0846. The van der Waals surface area contributed by atoms with Gasteiger partial charge in [0.1, 0.15) is 0 Å². The highest BCUT2D eigenvalue weighted by Gasteiger charge is 2.17. The number of carboxylic acid groups (broad SMARTS) is 1. The predicted molar refractivity (Wildman–Crippen MR) is 69.3 cm³/mol. The second-order valence-electron chi connectivity index (χ2n) is 5.41. The number of hydrogen-bond acceptors (Lipinski definition) is 2. The first-order valence-electron chi connectivity index (χ1n) is 5.79. The maximum absolute atomic E-state index is 11.2. The van der Waals surface area contributed by atoms with Gasteiger partial charge in [0, 0.05) is 13.6 Å². The van der Waals surface area contributed by atoms with Crippen molar-refractivity contribution < 1.29 is 14.7 Å². The van der Waals surface area contributed by atoms with Crippen LogP contribution in [0.3, 0.4) is 0 Å². The molecule has 4 heteroatoms. The molecule has 1 N–H and O–H groups in total. The Kier molecular flexibility index (Phi) is 4.11. The molecule has 1 aromatic rings. The first kappa shape index (κ1) is 14.2. The zero-order valence-electron chi connectivity index (χ0n) is 11.2. The summed E-state index contributed by atoms with van der Waals surface area (Å²) in [6, 6.07) is 7.86. The van der Waals surface area contributed by atoms with Crippen LogP contribution in [0.1, 0.15) is 31.9 Å². The normalized spacial score (nSPS) is 11.1. The van der Waals surface area contributed by atoms with Crippen molar-refractivity contribution in [2.24, 2.45) is 0 Å². The molecular formula is C14H19NO3. The van der Waals surface area contributed by atoms with Crippen LogP contribution in [0, 0.1) is 0 Å². The number of amides is 1. The highest BCUT2D eigenvalue weighted by atomic mass is 16.4. The molecule has 0 atom stereocenters. The molecule has 1 aromatic carbocycles. The third kappa shape index (κ3) is 3.58. The molecule has 0 aromatic heterocycles. The zero-order valence-corrected chi connectivity index (χ0v) is 11.2. The summed E-state index contributed by atoms with van der Waals surface area (Å²) in [6.07, 6.45) is 0. The average molecular weight is 249 g/mol. The lowest BCUT2D eigenvalue weighted by Crippen LogP contribution is -2.32. The molecule has 0 radical (unpaired) electrons. The van der Waals surface area contributed by atoms with E-state index in [1.807, 2.05) is 24.3 Å². The molecule has 0 aliphatic carbocycles. The number of likely N-dealkylation sites (N-methyl/N-ethyl adjacent to an activating group) is 1. The van der Waals surface area contributed by atoms with Gasteiger partial charge in [-0.05, 0) is 16.5 Å². The summed E-state index contributed by atoms with van der Waals surface area (Å²) in [7, 11) is 1.48. The van der Waals surface area contributed by atoms with Crippen molar-refractivity contribution in [1.29, 1.82) is 0 Å². The second-order valence-corrected chi connectivity index (χ2v) is 5.41. The monoisotopic (exact) mass is 249 g/mol. The standard InChI is InChI=1S/C14H19NO3/c1-14(2,3)11-7-5-10(6-8-11)9-15(4)12(16)13(17)18/h5-8H,9H2,1-4H3,(H,17,18). The summed E-state index contributed by atoms with van der Waals surface area (Å²) in [5, 5.41) is 8.59. The molecule has 0 bridgehead atoms. The van der Waals surface area contributed by atoms with Gasteiger partial charge in [-0.3, -0.25) is 4.79 Å². The average Bonchev–Trinajstić information content (AvgIpc) is 2.27. The van der Waals surface area contributed by atoms with E-state index >= 15 is 0 Å². The van der Waals surface area contributed by atoms with Gasteiger partial charge in [0.05, 0.1) is 0 Å². The lowest BCUT2D eigenvalue weighted by molar-refractivity contribution is -0.155. The lowest BCUT2D eigenvalue weighted by Gasteiger charge is -2.20. The van der Waals surface area contributed by atoms with Crippen molar-refractivity contribution in [1.82, 2.24) is 4.90 Å². The third-order valence-electron chi connectivity index (χ3n) is 2.77. The molecule has 0 fully saturated rings. The van der Waals surface area contributed by atoms with E-state index in [4.69, 9.17) is 5.11 Å². The molecule has 98 valence electrons. The topological polar surface area (TPSA) is 57.6 Å². The molecule has 0 spiro atoms. The summed E-state index contributed by atoms with van der Waals surface area (Å²) in [5.41, 5.74) is 2.21. The fourth-order valence-electron chi connectivity index (χ4n) is 1.62. The van der Waals surface area contributed by atoms with Crippen LogP contribution in [-0.2, 0) is 21.5 Å². The van der Waals surface area contributed by atoms with Gasteiger partial charge >= 0.3 is 11.9 Å². The number of aliphatic carboxylic acids is 1. The molecule has 18 heavy (non-hydrogen) atoms. The molecule has 0 heterocycles. The predicted octanol–water partition coefficient (Wildman–Crippen LogP) is 2.03. The summed E-state index contributed by atoms with van der Waals surface area (Å²) < 4.78 is 0. The van der Waals surface area contributed by atoms with Crippen molar-refractivity contribution in [3.63, 3.8) is 0 Å². The van der Waals surface area contributed by atoms with Crippen molar-refractivity contribution in [3.05, 3.63) is 35.4 Å². The Hall–Kier alpha value is -1.84. The van der Waals surface area contributed by atoms with Gasteiger partial charge in [-0.2, -0.15) is 0 Å². The van der Waals surface area contributed by atoms with Crippen LogP contribution >= 0.6 is 0 Å². The summed E-state index contributed by atoms with van der Waals surface area (Å²) in [6.45, 7) is 6.68. The van der Waals surface area contributed by atoms with Crippen molar-refractivity contribution in [2.75, 3.05) is 7.05 Å². The van der Waals surface area contributed by atoms with Crippen LogP contribution in [-0.4, -0.2) is 28.9 Å². The third-order valence-corrected chi connectivity index (χ3v) is 2.77. The Labute approximate surface area is 107 Å². The van der Waals surface area contributed by atoms with E-state index in [9.17, 15) is 9.59 Å². The highest BCUT2D eigenvalue weighted by Crippen LogP contribution is 2.22. The Morgan fingerprint density at radius 1 is 1.17 bits per heavy atom. The van der Waals surface area contributed by atoms with E-state index in [0.29, 0.717) is 6.54 Å². The van der Waals surface area contributed by atoms with Gasteiger partial charge in [0.25, 0.3) is 0 Å². The van der Waals surface area contributed by atoms with Gasteiger partial charge in [0.15, 0.2) is 0 Å². The minimum Gasteiger partial charge on any atom is -0.474 e. The molecule has 0 saturated carbocycles. The van der Waals surface area contributed by atoms with Crippen molar-refractivity contribution >= 4 is 11.9 Å². The Morgan fingerprint density at radius 3 is 2.06 bits per heavy atom. The van der Waals surface area contributed by atoms with Gasteiger partial charge in [-0.15, -0.1) is 0 Å². The largest absolute Gasteiger partial charge is 0.474 e. The summed E-state index contributed by atoms with van der Waals surface area (Å²) in [5.74, 6) is -2.32. The van der Waals surface area contributed by atoms with E-state index in [1.54, 1.807) is 0 Å². The smallest absolute Gasteiger partial charge is 0.394 e. The Balaban J connectivity index is 2.76. The molecule has 1 amide bonds. The highest BCUT2D eigenvalue weighted by molar-refractivity contribution is 6.31. The van der Waals surface area contributed by atoms with Gasteiger partial charge in [-0.25, -0.2) is 4.79 Å². The maximum atomic E-state index is 11.2. The molecule has 4 nitrogen and oxygen atoms in total. The number of hydrogen-bond donors (Lipinski definition) is 1. The maximum Gasteiger partial charge on any atom is 0.394 e. The van der Waals surface area contributed by atoms with Gasteiger partial charge < -0.3 is 10.0 Å². The van der Waals surface area contributed by atoms with Crippen LogP contribution in [0.15, 0.2) is 24.3 Å². The van der Waals surface area contributed by atoms with E-state index < -0.39 is 11.9 Å². The van der Waals surface area contributed by atoms with E-state index in [2.05, 4.69) is 20.8 Å². The number of carbonyl (C=O) groups excluding carboxylic acids is 1. The van der Waals surface area contributed by atoms with Crippen LogP contribution in [0.25, 0.3) is 0 Å².